The molecule has 1 fully saturated rings. The largest absolute Gasteiger partial charge is 0.454 e. The topological polar surface area (TPSA) is 110 Å². The molecule has 0 radical (unpaired) electrons. The molecule has 2 aromatic rings. The van der Waals surface area contributed by atoms with E-state index in [0.29, 0.717) is 24.5 Å². The van der Waals surface area contributed by atoms with Gasteiger partial charge in [0.25, 0.3) is 5.91 Å². The van der Waals surface area contributed by atoms with Crippen LogP contribution in [0.4, 0.5) is 4.79 Å². The summed E-state index contributed by atoms with van der Waals surface area (Å²) in [7, 11) is 0. The number of carbonyl (C=O) groups excluding carboxylic acids is 3. The minimum absolute atomic E-state index is 0.0963. The first-order valence-electron chi connectivity index (χ1n) is 9.27. The lowest BCUT2D eigenvalue weighted by molar-refractivity contribution is -0.131. The van der Waals surface area contributed by atoms with Gasteiger partial charge in [-0.05, 0) is 29.8 Å². The van der Waals surface area contributed by atoms with Gasteiger partial charge in [-0.15, -0.1) is 0 Å². The van der Waals surface area contributed by atoms with Gasteiger partial charge in [-0.2, -0.15) is 0 Å². The molecule has 4 rings (SSSR count). The summed E-state index contributed by atoms with van der Waals surface area (Å²) in [5, 5.41) is 5.33. The fourth-order valence-corrected chi connectivity index (χ4v) is 3.22. The normalized spacial score (nSPS) is 17.4. The highest BCUT2D eigenvalue weighted by Crippen LogP contribution is 2.33. The van der Waals surface area contributed by atoms with Crippen LogP contribution in [0.2, 0.25) is 0 Å². The van der Waals surface area contributed by atoms with Gasteiger partial charge in [0.2, 0.25) is 12.7 Å². The fourth-order valence-electron chi connectivity index (χ4n) is 3.22. The molecule has 1 saturated heterocycles. The zero-order chi connectivity index (χ0) is 20.2. The predicted octanol–water partition coefficient (Wildman–Crippen LogP) is 0.980. The predicted molar refractivity (Wildman–Crippen MR) is 101 cm³/mol. The first-order valence-corrected chi connectivity index (χ1v) is 9.27. The molecule has 2 aliphatic heterocycles. The second-order valence-corrected chi connectivity index (χ2v) is 6.74. The molecule has 1 aromatic heterocycles. The zero-order valence-corrected chi connectivity index (χ0v) is 15.6. The Morgan fingerprint density at radius 3 is 2.90 bits per heavy atom. The molecule has 1 unspecified atom stereocenters. The van der Waals surface area contributed by atoms with Gasteiger partial charge in [0, 0.05) is 24.9 Å². The van der Waals surface area contributed by atoms with E-state index < -0.39 is 18.0 Å². The van der Waals surface area contributed by atoms with Crippen LogP contribution in [-0.2, 0) is 22.6 Å². The Balaban J connectivity index is 1.29. The summed E-state index contributed by atoms with van der Waals surface area (Å²) in [6, 6.07) is 9.44. The number of nitrogens with one attached hydrogen (secondary N) is 2. The van der Waals surface area contributed by atoms with Crippen LogP contribution >= 0.6 is 0 Å². The lowest BCUT2D eigenvalue weighted by atomic mass is 10.1. The van der Waals surface area contributed by atoms with Crippen LogP contribution in [0.15, 0.2) is 42.6 Å². The van der Waals surface area contributed by atoms with Crippen LogP contribution in [0.1, 0.15) is 17.7 Å². The molecule has 2 N–H and O–H groups in total. The number of urea groups is 1. The number of pyridine rings is 1. The van der Waals surface area contributed by atoms with Crippen molar-refractivity contribution in [1.29, 1.82) is 0 Å². The molecule has 0 spiro atoms. The number of fused-ring (bicyclic) bond motifs is 1. The summed E-state index contributed by atoms with van der Waals surface area (Å²) >= 11 is 0. The maximum Gasteiger partial charge on any atom is 0.325 e. The molecule has 29 heavy (non-hydrogen) atoms. The standard InChI is InChI=1S/C20H20N4O5/c25-18(22-8-6-14-3-1-2-7-21-14)10-15-19(26)24(20(27)23-15)11-13-4-5-16-17(9-13)29-12-28-16/h1-5,7,9,15H,6,8,10-12H2,(H,22,25)(H,23,27). The van der Waals surface area contributed by atoms with E-state index in [-0.39, 0.29) is 25.7 Å². The molecule has 9 nitrogen and oxygen atoms in total. The summed E-state index contributed by atoms with van der Waals surface area (Å²) in [5.41, 5.74) is 1.60. The Hall–Kier alpha value is -3.62. The fraction of sp³-hybridized carbons (Fsp3) is 0.300. The van der Waals surface area contributed by atoms with Crippen molar-refractivity contribution in [2.45, 2.75) is 25.4 Å². The summed E-state index contributed by atoms with van der Waals surface area (Å²) in [6.45, 7) is 0.657. The summed E-state index contributed by atoms with van der Waals surface area (Å²) in [6.07, 6.45) is 2.18. The highest BCUT2D eigenvalue weighted by atomic mass is 16.7. The van der Waals surface area contributed by atoms with Gasteiger partial charge in [0.15, 0.2) is 11.5 Å². The molecule has 4 amide bonds. The molecule has 3 heterocycles. The average molecular weight is 396 g/mol. The lowest BCUT2D eigenvalue weighted by Crippen LogP contribution is -2.37. The van der Waals surface area contributed by atoms with Gasteiger partial charge in [-0.3, -0.25) is 19.5 Å². The first-order chi connectivity index (χ1) is 14.1. The molecule has 0 aliphatic carbocycles. The van der Waals surface area contributed by atoms with Gasteiger partial charge in [-0.1, -0.05) is 12.1 Å². The molecule has 1 aromatic carbocycles. The third kappa shape index (κ3) is 4.29. The highest BCUT2D eigenvalue weighted by Gasteiger charge is 2.39. The maximum absolute atomic E-state index is 12.6. The Morgan fingerprint density at radius 2 is 2.07 bits per heavy atom. The Bertz CT molecular complexity index is 934. The highest BCUT2D eigenvalue weighted by molar-refractivity contribution is 6.05. The van der Waals surface area contributed by atoms with Gasteiger partial charge in [-0.25, -0.2) is 4.79 Å². The smallest absolute Gasteiger partial charge is 0.325 e. The van der Waals surface area contributed by atoms with Gasteiger partial charge >= 0.3 is 6.03 Å². The lowest BCUT2D eigenvalue weighted by Gasteiger charge is -2.13. The van der Waals surface area contributed by atoms with Crippen LogP contribution in [-0.4, -0.2) is 47.1 Å². The zero-order valence-electron chi connectivity index (χ0n) is 15.6. The van der Waals surface area contributed by atoms with Crippen molar-refractivity contribution in [1.82, 2.24) is 20.5 Å². The van der Waals surface area contributed by atoms with Crippen LogP contribution < -0.4 is 20.1 Å². The number of aromatic nitrogens is 1. The van der Waals surface area contributed by atoms with E-state index >= 15 is 0 Å². The minimum atomic E-state index is -0.869. The van der Waals surface area contributed by atoms with Crippen molar-refractivity contribution in [3.63, 3.8) is 0 Å². The quantitative estimate of drug-likeness (QED) is 0.675. The van der Waals surface area contributed by atoms with E-state index in [4.69, 9.17) is 9.47 Å². The van der Waals surface area contributed by atoms with Gasteiger partial charge in [0.1, 0.15) is 6.04 Å². The second kappa shape index (κ2) is 8.17. The van der Waals surface area contributed by atoms with Gasteiger partial charge in [0.05, 0.1) is 13.0 Å². The number of rotatable bonds is 7. The van der Waals surface area contributed by atoms with E-state index in [0.717, 1.165) is 16.2 Å². The minimum Gasteiger partial charge on any atom is -0.454 e. The number of nitrogens with zero attached hydrogens (tertiary/aromatic N) is 2. The third-order valence-corrected chi connectivity index (χ3v) is 4.70. The van der Waals surface area contributed by atoms with Gasteiger partial charge < -0.3 is 20.1 Å². The number of ether oxygens (including phenoxy) is 2. The van der Waals surface area contributed by atoms with Crippen LogP contribution in [0, 0.1) is 0 Å². The summed E-state index contributed by atoms with van der Waals surface area (Å²) in [4.78, 5) is 42.2. The molecule has 2 aliphatic rings. The summed E-state index contributed by atoms with van der Waals surface area (Å²) < 4.78 is 10.6. The van der Waals surface area contributed by atoms with E-state index in [2.05, 4.69) is 15.6 Å². The van der Waals surface area contributed by atoms with Crippen molar-refractivity contribution in [3.05, 3.63) is 53.9 Å². The number of hydrogen-bond acceptors (Lipinski definition) is 6. The monoisotopic (exact) mass is 396 g/mol. The average Bonchev–Trinajstić information content (AvgIpc) is 3.28. The third-order valence-electron chi connectivity index (χ3n) is 4.70. The van der Waals surface area contributed by atoms with Crippen molar-refractivity contribution in [3.8, 4) is 11.5 Å². The van der Waals surface area contributed by atoms with Crippen molar-refractivity contribution in [2.75, 3.05) is 13.3 Å². The SMILES string of the molecule is O=C(CC1NC(=O)N(Cc2ccc3c(c2)OCO3)C1=O)NCCc1ccccn1. The Labute approximate surface area is 167 Å². The van der Waals surface area contributed by atoms with Crippen molar-refractivity contribution in [2.24, 2.45) is 0 Å². The van der Waals surface area contributed by atoms with Crippen molar-refractivity contribution < 1.29 is 23.9 Å². The number of imide groups is 1. The molecule has 9 heteroatoms. The number of hydrogen-bond donors (Lipinski definition) is 2. The van der Waals surface area contributed by atoms with E-state index in [1.54, 1.807) is 24.4 Å². The molecule has 0 bridgehead atoms. The van der Waals surface area contributed by atoms with E-state index in [9.17, 15) is 14.4 Å². The summed E-state index contributed by atoms with van der Waals surface area (Å²) in [5.74, 6) is 0.488. The first kappa shape index (κ1) is 18.7. The Kier molecular flexibility index (Phi) is 5.28. The molecular weight excluding hydrogens is 376 g/mol. The second-order valence-electron chi connectivity index (χ2n) is 6.74. The van der Waals surface area contributed by atoms with Crippen molar-refractivity contribution >= 4 is 17.8 Å². The number of carbonyl (C=O) groups is 3. The molecule has 1 atom stereocenters. The molecular formula is C20H20N4O5. The molecule has 150 valence electrons. The van der Waals surface area contributed by atoms with E-state index in [1.165, 1.54) is 0 Å². The molecule has 0 saturated carbocycles. The van der Waals surface area contributed by atoms with Crippen LogP contribution in [0.3, 0.4) is 0 Å². The van der Waals surface area contributed by atoms with Crippen LogP contribution in [0.5, 0.6) is 11.5 Å². The number of amides is 4. The Morgan fingerprint density at radius 1 is 1.21 bits per heavy atom. The van der Waals surface area contributed by atoms with Crippen LogP contribution in [0.25, 0.3) is 0 Å². The van der Waals surface area contributed by atoms with E-state index in [1.807, 2.05) is 18.2 Å². The maximum atomic E-state index is 12.6. The number of benzene rings is 1.